The molecule has 0 aliphatic rings. The number of nitrogens with one attached hydrogen (secondary N) is 1. The zero-order chi connectivity index (χ0) is 4.12. The van der Waals surface area contributed by atoms with Gasteiger partial charge in [-0.05, 0) is 0 Å². The Balaban J connectivity index is 2.86. The minimum absolute atomic E-state index is 1.69. The van der Waals surface area contributed by atoms with Crippen LogP contribution in [0.25, 0.3) is 9.91 Å². The summed E-state index contributed by atoms with van der Waals surface area (Å²) in [4.78, 5) is 5.00. The standard InChI is InChI=1S/C2HN3/c1-3-5-4-2/h5H. The summed E-state index contributed by atoms with van der Waals surface area (Å²) in [5.41, 5.74) is 1.69. The van der Waals surface area contributed by atoms with Gasteiger partial charge in [0.05, 0.1) is 0 Å². The van der Waals surface area contributed by atoms with Crippen molar-refractivity contribution in [2.75, 3.05) is 0 Å². The summed E-state index contributed by atoms with van der Waals surface area (Å²) >= 11 is 0. The minimum atomic E-state index is 1.69. The third kappa shape index (κ3) is 2.78. The van der Waals surface area contributed by atoms with E-state index in [9.17, 15) is 0 Å². The van der Waals surface area contributed by atoms with E-state index >= 15 is 0 Å². The molecule has 0 radical (unpaired) electrons. The summed E-state index contributed by atoms with van der Waals surface area (Å²) in [5.74, 6) is 0. The second kappa shape index (κ2) is 2.78. The Labute approximate surface area is 29.8 Å². The molecule has 1 N–H and O–H groups in total. The fourth-order valence-corrected chi connectivity index (χ4v) is 0.0250. The van der Waals surface area contributed by atoms with Crippen molar-refractivity contribution in [3.05, 3.63) is 23.1 Å². The van der Waals surface area contributed by atoms with Gasteiger partial charge in [0.2, 0.25) is 0 Å². The molecule has 0 bridgehead atoms. The van der Waals surface area contributed by atoms with E-state index in [4.69, 9.17) is 13.1 Å². The van der Waals surface area contributed by atoms with Crippen LogP contribution in [0.2, 0.25) is 0 Å². The Morgan fingerprint density at radius 3 is 1.60 bits per heavy atom. The number of hydrogen-bond donors (Lipinski definition) is 1. The fraction of sp³-hybridized carbons (Fsp3) is 0. The van der Waals surface area contributed by atoms with Gasteiger partial charge in [0.25, 0.3) is 0 Å². The van der Waals surface area contributed by atoms with Crippen LogP contribution in [0.3, 0.4) is 0 Å². The lowest BCUT2D eigenvalue weighted by Crippen LogP contribution is -1.77. The van der Waals surface area contributed by atoms with Crippen LogP contribution in [0.15, 0.2) is 0 Å². The van der Waals surface area contributed by atoms with E-state index in [1.165, 1.54) is 0 Å². The van der Waals surface area contributed by atoms with Crippen LogP contribution in [0, 0.1) is 13.1 Å². The van der Waals surface area contributed by atoms with Gasteiger partial charge in [-0.25, -0.2) is 0 Å². The van der Waals surface area contributed by atoms with Crippen LogP contribution in [-0.4, -0.2) is 0 Å². The van der Waals surface area contributed by atoms with Crippen molar-refractivity contribution in [3.63, 3.8) is 0 Å². The van der Waals surface area contributed by atoms with E-state index in [2.05, 4.69) is 9.91 Å². The molecule has 0 aromatic rings. The molecule has 0 aromatic heterocycles. The first kappa shape index (κ1) is 3.78. The molecular weight excluding hydrogens is 66.0 g/mol. The maximum absolute atomic E-state index is 5.90. The summed E-state index contributed by atoms with van der Waals surface area (Å²) in [5, 5.41) is 0. The van der Waals surface area contributed by atoms with E-state index in [1.807, 2.05) is 0 Å². The van der Waals surface area contributed by atoms with Gasteiger partial charge in [-0.15, -0.1) is 0 Å². The van der Waals surface area contributed by atoms with Crippen LogP contribution in [-0.2, 0) is 0 Å². The van der Waals surface area contributed by atoms with Gasteiger partial charge < -0.3 is 0 Å². The number of hydrogen-bond acceptors (Lipinski definition) is 1. The van der Waals surface area contributed by atoms with Crippen LogP contribution >= 0.6 is 0 Å². The molecule has 0 saturated heterocycles. The predicted octanol–water partition coefficient (Wildman–Crippen LogP) is 0.245. The quantitative estimate of drug-likeness (QED) is 0.318. The molecule has 0 fully saturated rings. The molecule has 0 aliphatic heterocycles. The molecule has 0 atom stereocenters. The van der Waals surface area contributed by atoms with Gasteiger partial charge in [0.15, 0.2) is 5.53 Å². The molecule has 0 aromatic carbocycles. The van der Waals surface area contributed by atoms with Crippen molar-refractivity contribution < 1.29 is 0 Å². The SMILES string of the molecule is [C-]#[N+]N[N+]#[C-]. The second-order valence-electron chi connectivity index (χ2n) is 0.324. The molecule has 0 amide bonds. The van der Waals surface area contributed by atoms with E-state index in [0.717, 1.165) is 0 Å². The Bertz CT molecular complexity index is 70.0. The third-order valence-corrected chi connectivity index (χ3v) is 0.100. The summed E-state index contributed by atoms with van der Waals surface area (Å²) in [6, 6.07) is 0. The molecule has 0 spiro atoms. The fourth-order valence-electron chi connectivity index (χ4n) is 0.0250. The predicted molar refractivity (Wildman–Crippen MR) is 16.3 cm³/mol. The second-order valence-corrected chi connectivity index (χ2v) is 0.324. The Kier molecular flexibility index (Phi) is 2.10. The molecule has 3 nitrogen and oxygen atoms in total. The average molecular weight is 67.1 g/mol. The van der Waals surface area contributed by atoms with Crippen molar-refractivity contribution in [1.82, 2.24) is 5.53 Å². The summed E-state index contributed by atoms with van der Waals surface area (Å²) in [7, 11) is 0. The van der Waals surface area contributed by atoms with Gasteiger partial charge >= 0.3 is 0 Å². The highest BCUT2D eigenvalue weighted by atomic mass is 15.5. The highest BCUT2D eigenvalue weighted by molar-refractivity contribution is 4.49. The number of rotatable bonds is 0. The van der Waals surface area contributed by atoms with Crippen molar-refractivity contribution in [1.29, 1.82) is 0 Å². The van der Waals surface area contributed by atoms with Crippen molar-refractivity contribution >= 4 is 0 Å². The van der Waals surface area contributed by atoms with Crippen LogP contribution < -0.4 is 5.53 Å². The summed E-state index contributed by atoms with van der Waals surface area (Å²) in [6.07, 6.45) is 0. The molecule has 0 aliphatic carbocycles. The van der Waals surface area contributed by atoms with E-state index in [0.29, 0.717) is 0 Å². The van der Waals surface area contributed by atoms with Crippen LogP contribution in [0.4, 0.5) is 0 Å². The van der Waals surface area contributed by atoms with Gasteiger partial charge in [-0.3, -0.25) is 0 Å². The van der Waals surface area contributed by atoms with Gasteiger partial charge in [-0.1, -0.05) is 9.91 Å². The van der Waals surface area contributed by atoms with Crippen LogP contribution in [0.5, 0.6) is 0 Å². The molecule has 24 valence electrons. The molecule has 3 heteroatoms. The van der Waals surface area contributed by atoms with Gasteiger partial charge in [0.1, 0.15) is 0 Å². The Morgan fingerprint density at radius 2 is 1.60 bits per heavy atom. The first-order valence-corrected chi connectivity index (χ1v) is 0.894. The molecule has 0 saturated carbocycles. The normalized spacial score (nSPS) is 3.60. The minimum Gasteiger partial charge on any atom is -0.177 e. The Morgan fingerprint density at radius 1 is 1.20 bits per heavy atom. The largest absolute Gasteiger partial charge is 0.193 e. The third-order valence-electron chi connectivity index (χ3n) is 0.100. The first-order valence-electron chi connectivity index (χ1n) is 0.894. The smallest absolute Gasteiger partial charge is 0.177 e. The summed E-state index contributed by atoms with van der Waals surface area (Å²) < 4.78 is 0. The maximum Gasteiger partial charge on any atom is 0.193 e. The highest BCUT2D eigenvalue weighted by Crippen LogP contribution is 1.46. The van der Waals surface area contributed by atoms with Crippen molar-refractivity contribution in [3.8, 4) is 0 Å². The molecule has 0 unspecified atom stereocenters. The lowest BCUT2D eigenvalue weighted by atomic mass is 11.8. The lowest BCUT2D eigenvalue weighted by Gasteiger charge is -1.51. The molecular formula is C2HN3. The average Bonchev–Trinajstić information content (AvgIpc) is 1.41. The first-order chi connectivity index (χ1) is 2.41. The monoisotopic (exact) mass is 67.0 g/mol. The molecule has 0 heterocycles. The molecule has 5 heavy (non-hydrogen) atoms. The number of nitrogens with zero attached hydrogens (tertiary/aromatic N) is 2. The van der Waals surface area contributed by atoms with Crippen molar-refractivity contribution in [2.45, 2.75) is 0 Å². The zero-order valence-electron chi connectivity index (χ0n) is 2.39. The van der Waals surface area contributed by atoms with E-state index < -0.39 is 0 Å². The van der Waals surface area contributed by atoms with Gasteiger partial charge in [-0.2, -0.15) is 13.1 Å². The summed E-state index contributed by atoms with van der Waals surface area (Å²) in [6.45, 7) is 11.8. The maximum atomic E-state index is 5.90. The zero-order valence-corrected chi connectivity index (χ0v) is 2.39. The van der Waals surface area contributed by atoms with E-state index in [-0.39, 0.29) is 0 Å². The van der Waals surface area contributed by atoms with Crippen LogP contribution in [0.1, 0.15) is 0 Å². The Hall–Kier alpha value is -1.22. The highest BCUT2D eigenvalue weighted by Gasteiger charge is 1.56. The topological polar surface area (TPSA) is 20.8 Å². The molecule has 0 rings (SSSR count). The lowest BCUT2D eigenvalue weighted by molar-refractivity contribution is 1.18. The van der Waals surface area contributed by atoms with Gasteiger partial charge in [0, 0.05) is 0 Å². The van der Waals surface area contributed by atoms with E-state index in [1.54, 1.807) is 5.53 Å². The van der Waals surface area contributed by atoms with Crippen molar-refractivity contribution in [2.24, 2.45) is 0 Å².